The number of nitrogens with zero attached hydrogens (tertiary/aromatic N) is 2. The standard InChI is InChI=1S/C22H25N3O2/c1-3-21-20(15-24-25(21)19-12-6-5-7-13-19)22(26)23-14-17-10-8-9-11-18(17)16-27-4-2/h5-13,15H,3-4,14,16H2,1-2H3,(H,23,26). The van der Waals surface area contributed by atoms with Crippen LogP contribution in [0.5, 0.6) is 0 Å². The molecule has 0 aliphatic carbocycles. The molecule has 0 saturated carbocycles. The molecule has 5 heteroatoms. The maximum atomic E-state index is 12.8. The van der Waals surface area contributed by atoms with Crippen LogP contribution in [0.4, 0.5) is 0 Å². The van der Waals surface area contributed by atoms with E-state index in [4.69, 9.17) is 4.74 Å². The van der Waals surface area contributed by atoms with Crippen molar-refractivity contribution in [2.45, 2.75) is 33.4 Å². The second-order valence-electron chi connectivity index (χ2n) is 6.19. The first-order chi connectivity index (χ1) is 13.2. The molecule has 1 heterocycles. The van der Waals surface area contributed by atoms with Crippen molar-refractivity contribution in [3.05, 3.63) is 83.2 Å². The maximum Gasteiger partial charge on any atom is 0.255 e. The van der Waals surface area contributed by atoms with Gasteiger partial charge in [-0.2, -0.15) is 5.10 Å². The van der Waals surface area contributed by atoms with Gasteiger partial charge >= 0.3 is 0 Å². The SMILES string of the molecule is CCOCc1ccccc1CNC(=O)c1cnn(-c2ccccc2)c1CC. The van der Waals surface area contributed by atoms with Crippen molar-refractivity contribution in [3.8, 4) is 5.69 Å². The van der Waals surface area contributed by atoms with Gasteiger partial charge < -0.3 is 10.1 Å². The molecule has 0 aliphatic heterocycles. The Kier molecular flexibility index (Phi) is 6.39. The Balaban J connectivity index is 1.75. The van der Waals surface area contributed by atoms with Crippen LogP contribution in [0.2, 0.25) is 0 Å². The molecule has 1 amide bonds. The zero-order valence-electron chi connectivity index (χ0n) is 15.8. The summed E-state index contributed by atoms with van der Waals surface area (Å²) in [6.07, 6.45) is 2.37. The van der Waals surface area contributed by atoms with Crippen LogP contribution in [0.25, 0.3) is 5.69 Å². The van der Waals surface area contributed by atoms with Gasteiger partial charge in [-0.15, -0.1) is 0 Å². The Morgan fingerprint density at radius 1 is 1.04 bits per heavy atom. The highest BCUT2D eigenvalue weighted by molar-refractivity contribution is 5.95. The summed E-state index contributed by atoms with van der Waals surface area (Å²) in [7, 11) is 0. The van der Waals surface area contributed by atoms with E-state index in [2.05, 4.69) is 10.4 Å². The third-order valence-corrected chi connectivity index (χ3v) is 4.47. The number of carbonyl (C=O) groups excluding carboxylic acids is 1. The summed E-state index contributed by atoms with van der Waals surface area (Å²) in [6, 6.07) is 17.9. The molecule has 0 unspecified atom stereocenters. The topological polar surface area (TPSA) is 56.1 Å². The number of aromatic nitrogens is 2. The van der Waals surface area contributed by atoms with E-state index in [0.717, 1.165) is 28.9 Å². The van der Waals surface area contributed by atoms with Crippen LogP contribution in [0.3, 0.4) is 0 Å². The third kappa shape index (κ3) is 4.44. The summed E-state index contributed by atoms with van der Waals surface area (Å²) < 4.78 is 7.35. The predicted molar refractivity (Wildman–Crippen MR) is 106 cm³/mol. The molecule has 0 bridgehead atoms. The highest BCUT2D eigenvalue weighted by atomic mass is 16.5. The van der Waals surface area contributed by atoms with E-state index in [0.29, 0.717) is 25.3 Å². The van der Waals surface area contributed by atoms with Gasteiger partial charge in [-0.1, -0.05) is 49.4 Å². The van der Waals surface area contributed by atoms with Crippen molar-refractivity contribution in [3.63, 3.8) is 0 Å². The van der Waals surface area contributed by atoms with Crippen LogP contribution in [-0.4, -0.2) is 22.3 Å². The molecule has 27 heavy (non-hydrogen) atoms. The number of amides is 1. The maximum absolute atomic E-state index is 12.8. The Morgan fingerprint density at radius 2 is 1.74 bits per heavy atom. The quantitative estimate of drug-likeness (QED) is 0.660. The van der Waals surface area contributed by atoms with Crippen molar-refractivity contribution >= 4 is 5.91 Å². The normalized spacial score (nSPS) is 10.7. The molecule has 3 aromatic rings. The molecule has 0 radical (unpaired) electrons. The number of rotatable bonds is 8. The smallest absolute Gasteiger partial charge is 0.255 e. The summed E-state index contributed by atoms with van der Waals surface area (Å²) in [4.78, 5) is 12.8. The average molecular weight is 363 g/mol. The summed E-state index contributed by atoms with van der Waals surface area (Å²) in [6.45, 7) is 5.68. The highest BCUT2D eigenvalue weighted by Gasteiger charge is 2.17. The van der Waals surface area contributed by atoms with Crippen LogP contribution in [-0.2, 0) is 24.3 Å². The average Bonchev–Trinajstić information content (AvgIpc) is 3.16. The molecular formula is C22H25N3O2. The van der Waals surface area contributed by atoms with Gasteiger partial charge in [0.15, 0.2) is 0 Å². The lowest BCUT2D eigenvalue weighted by Gasteiger charge is -2.11. The van der Waals surface area contributed by atoms with Crippen molar-refractivity contribution in [1.29, 1.82) is 0 Å². The van der Waals surface area contributed by atoms with Gasteiger partial charge in [0.2, 0.25) is 0 Å². The molecule has 140 valence electrons. The van der Waals surface area contributed by atoms with E-state index in [1.807, 2.05) is 73.1 Å². The summed E-state index contributed by atoms with van der Waals surface area (Å²) in [5.41, 5.74) is 4.63. The van der Waals surface area contributed by atoms with E-state index < -0.39 is 0 Å². The zero-order valence-corrected chi connectivity index (χ0v) is 15.8. The molecule has 0 atom stereocenters. The number of ether oxygens (including phenoxy) is 1. The molecule has 0 spiro atoms. The van der Waals surface area contributed by atoms with Crippen LogP contribution in [0.15, 0.2) is 60.8 Å². The lowest BCUT2D eigenvalue weighted by atomic mass is 10.1. The molecule has 0 saturated heterocycles. The van der Waals surface area contributed by atoms with Gasteiger partial charge in [-0.05, 0) is 36.6 Å². The fraction of sp³-hybridized carbons (Fsp3) is 0.273. The zero-order chi connectivity index (χ0) is 19.1. The van der Waals surface area contributed by atoms with Crippen LogP contribution in [0, 0.1) is 0 Å². The second kappa shape index (κ2) is 9.14. The number of carbonyl (C=O) groups is 1. The Bertz CT molecular complexity index is 888. The predicted octanol–water partition coefficient (Wildman–Crippen LogP) is 3.90. The molecule has 2 aromatic carbocycles. The monoisotopic (exact) mass is 363 g/mol. The number of nitrogens with one attached hydrogen (secondary N) is 1. The Labute approximate surface area is 160 Å². The minimum atomic E-state index is -0.111. The number of benzene rings is 2. The lowest BCUT2D eigenvalue weighted by Crippen LogP contribution is -2.24. The van der Waals surface area contributed by atoms with E-state index in [1.54, 1.807) is 6.20 Å². The molecular weight excluding hydrogens is 338 g/mol. The molecule has 1 aromatic heterocycles. The van der Waals surface area contributed by atoms with Gasteiger partial charge in [0.1, 0.15) is 0 Å². The Morgan fingerprint density at radius 3 is 2.44 bits per heavy atom. The largest absolute Gasteiger partial charge is 0.377 e. The van der Waals surface area contributed by atoms with Gasteiger partial charge in [0.05, 0.1) is 29.7 Å². The minimum Gasteiger partial charge on any atom is -0.377 e. The van der Waals surface area contributed by atoms with E-state index >= 15 is 0 Å². The first-order valence-electron chi connectivity index (χ1n) is 9.29. The van der Waals surface area contributed by atoms with Gasteiger partial charge in [-0.25, -0.2) is 4.68 Å². The molecule has 1 N–H and O–H groups in total. The first-order valence-corrected chi connectivity index (χ1v) is 9.29. The minimum absolute atomic E-state index is 0.111. The molecule has 0 aliphatic rings. The number of para-hydroxylation sites is 1. The molecule has 0 fully saturated rings. The van der Waals surface area contributed by atoms with Crippen molar-refractivity contribution in [2.24, 2.45) is 0 Å². The van der Waals surface area contributed by atoms with E-state index in [9.17, 15) is 4.79 Å². The molecule has 3 rings (SSSR count). The summed E-state index contributed by atoms with van der Waals surface area (Å²) in [5.74, 6) is -0.111. The summed E-state index contributed by atoms with van der Waals surface area (Å²) in [5, 5.41) is 7.45. The highest BCUT2D eigenvalue weighted by Crippen LogP contribution is 2.16. The number of hydrogen-bond acceptors (Lipinski definition) is 3. The summed E-state index contributed by atoms with van der Waals surface area (Å²) >= 11 is 0. The second-order valence-corrected chi connectivity index (χ2v) is 6.19. The third-order valence-electron chi connectivity index (χ3n) is 4.47. The van der Waals surface area contributed by atoms with E-state index in [1.165, 1.54) is 0 Å². The van der Waals surface area contributed by atoms with Gasteiger partial charge in [0, 0.05) is 13.2 Å². The van der Waals surface area contributed by atoms with Crippen molar-refractivity contribution in [1.82, 2.24) is 15.1 Å². The fourth-order valence-corrected chi connectivity index (χ4v) is 3.05. The fourth-order valence-electron chi connectivity index (χ4n) is 3.05. The number of hydrogen-bond donors (Lipinski definition) is 1. The van der Waals surface area contributed by atoms with Crippen molar-refractivity contribution < 1.29 is 9.53 Å². The van der Waals surface area contributed by atoms with Crippen LogP contribution >= 0.6 is 0 Å². The first kappa shape index (κ1) is 18.9. The van der Waals surface area contributed by atoms with Crippen molar-refractivity contribution in [2.75, 3.05) is 6.61 Å². The van der Waals surface area contributed by atoms with Gasteiger partial charge in [-0.3, -0.25) is 4.79 Å². The molecule has 5 nitrogen and oxygen atoms in total. The van der Waals surface area contributed by atoms with Crippen LogP contribution in [0.1, 0.15) is 41.0 Å². The lowest BCUT2D eigenvalue weighted by molar-refractivity contribution is 0.0949. The van der Waals surface area contributed by atoms with Crippen LogP contribution < -0.4 is 5.32 Å². The Hall–Kier alpha value is -2.92. The van der Waals surface area contributed by atoms with Gasteiger partial charge in [0.25, 0.3) is 5.91 Å². The van der Waals surface area contributed by atoms with E-state index in [-0.39, 0.29) is 5.91 Å².